The molecule has 1 aromatic heterocycles. The third kappa shape index (κ3) is 3.11. The van der Waals surface area contributed by atoms with Crippen LogP contribution in [-0.4, -0.2) is 80.2 Å². The highest BCUT2D eigenvalue weighted by molar-refractivity contribution is 5.82. The van der Waals surface area contributed by atoms with Gasteiger partial charge in [0, 0.05) is 35.2 Å². The van der Waals surface area contributed by atoms with Crippen LogP contribution >= 0.6 is 0 Å². The standard InChI is InChI=1S/C28H36O12/c1-12(29)37-17-8-15(24(2,3)35)27(16(31)9-18(32)38-23(27)34)19-14(30)10-25(4)20(13-6-7-36-11-13)39-22(33)21-28(25,40-21)26(17,19)5/h6-7,11,14-17,19-21,23,30-31,34-35H,8-10H2,1-5H3/t14-,15+,16+,17-,19?,20+,21-,23-,25+,26-,27+,28-/m1/s1. The fourth-order valence-corrected chi connectivity index (χ4v) is 9.61. The maximum absolute atomic E-state index is 13.4. The second-order valence-electron chi connectivity index (χ2n) is 13.2. The highest BCUT2D eigenvalue weighted by atomic mass is 16.7. The van der Waals surface area contributed by atoms with E-state index in [1.54, 1.807) is 13.0 Å². The molecular formula is C28H36O12. The van der Waals surface area contributed by atoms with Crippen LogP contribution in [0.4, 0.5) is 0 Å². The fourth-order valence-electron chi connectivity index (χ4n) is 9.61. The maximum atomic E-state index is 13.4. The van der Waals surface area contributed by atoms with Crippen molar-refractivity contribution >= 4 is 17.9 Å². The zero-order chi connectivity index (χ0) is 29.2. The topological polar surface area (TPSA) is 185 Å². The Hall–Kier alpha value is -2.51. The molecule has 6 rings (SSSR count). The first-order valence-corrected chi connectivity index (χ1v) is 13.6. The SMILES string of the molecule is CC(=O)O[C@@H]1C[C@@H](C(C)(C)O)[C@]2(C3[C@H](O)C[C@@]4(C)[C@H](c5ccoc5)OC(=O)[C@H]5O[C@]54[C@@]31C)[C@H](O)OC(=O)C[C@@H]2O. The van der Waals surface area contributed by atoms with E-state index in [1.165, 1.54) is 33.3 Å². The van der Waals surface area contributed by atoms with E-state index >= 15 is 0 Å². The summed E-state index contributed by atoms with van der Waals surface area (Å²) in [5, 5.41) is 46.8. The Labute approximate surface area is 230 Å². The van der Waals surface area contributed by atoms with Crippen LogP contribution in [0.1, 0.15) is 65.5 Å². The molecule has 220 valence electrons. The summed E-state index contributed by atoms with van der Waals surface area (Å²) in [6.07, 6.45) is -5.52. The quantitative estimate of drug-likeness (QED) is 0.230. The summed E-state index contributed by atoms with van der Waals surface area (Å²) in [6.45, 7) is 7.76. The highest BCUT2D eigenvalue weighted by Crippen LogP contribution is 2.80. The first-order chi connectivity index (χ1) is 18.6. The Morgan fingerprint density at radius 3 is 2.40 bits per heavy atom. The van der Waals surface area contributed by atoms with Gasteiger partial charge in [-0.15, -0.1) is 0 Å². The molecule has 3 aliphatic heterocycles. The minimum absolute atomic E-state index is 0.0204. The predicted molar refractivity (Wildman–Crippen MR) is 131 cm³/mol. The number of esters is 3. The van der Waals surface area contributed by atoms with Gasteiger partial charge in [0.15, 0.2) is 6.10 Å². The van der Waals surface area contributed by atoms with Crippen molar-refractivity contribution in [2.45, 2.75) is 102 Å². The minimum Gasteiger partial charge on any atom is -0.472 e. The van der Waals surface area contributed by atoms with Crippen LogP contribution in [-0.2, 0) is 33.3 Å². The van der Waals surface area contributed by atoms with Gasteiger partial charge in [0.1, 0.15) is 17.8 Å². The Morgan fingerprint density at radius 1 is 1.12 bits per heavy atom. The van der Waals surface area contributed by atoms with Gasteiger partial charge in [-0.1, -0.05) is 13.8 Å². The lowest BCUT2D eigenvalue weighted by molar-refractivity contribution is -0.359. The molecule has 4 N–H and O–H groups in total. The second-order valence-corrected chi connectivity index (χ2v) is 13.2. The van der Waals surface area contributed by atoms with E-state index in [1.807, 2.05) is 6.92 Å². The van der Waals surface area contributed by atoms with E-state index in [0.717, 1.165) is 0 Å². The normalized spacial score (nSPS) is 49.7. The average molecular weight is 565 g/mol. The third-order valence-corrected chi connectivity index (χ3v) is 10.8. The van der Waals surface area contributed by atoms with Crippen molar-refractivity contribution in [1.82, 2.24) is 0 Å². The molecule has 0 bridgehead atoms. The lowest BCUT2D eigenvalue weighted by Crippen LogP contribution is -2.80. The van der Waals surface area contributed by atoms with Gasteiger partial charge < -0.3 is 43.8 Å². The lowest BCUT2D eigenvalue weighted by Gasteiger charge is -2.71. The van der Waals surface area contributed by atoms with Gasteiger partial charge in [-0.3, -0.25) is 9.59 Å². The van der Waals surface area contributed by atoms with Gasteiger partial charge >= 0.3 is 17.9 Å². The molecule has 1 unspecified atom stereocenters. The molecule has 12 atom stereocenters. The van der Waals surface area contributed by atoms with Gasteiger partial charge in [0.25, 0.3) is 0 Å². The number of cyclic esters (lactones) is 2. The molecule has 2 spiro atoms. The molecule has 3 saturated heterocycles. The molecule has 1 aromatic rings. The van der Waals surface area contributed by atoms with Crippen molar-refractivity contribution in [3.63, 3.8) is 0 Å². The smallest absolute Gasteiger partial charge is 0.339 e. The maximum Gasteiger partial charge on any atom is 0.339 e. The Bertz CT molecular complexity index is 1220. The molecule has 12 nitrogen and oxygen atoms in total. The Morgan fingerprint density at radius 2 is 1.82 bits per heavy atom. The molecule has 40 heavy (non-hydrogen) atoms. The molecular weight excluding hydrogens is 528 g/mol. The summed E-state index contributed by atoms with van der Waals surface area (Å²) in [7, 11) is 0. The van der Waals surface area contributed by atoms with Crippen molar-refractivity contribution in [3.8, 4) is 0 Å². The van der Waals surface area contributed by atoms with Crippen LogP contribution < -0.4 is 0 Å². The summed E-state index contributed by atoms with van der Waals surface area (Å²) < 4.78 is 28.7. The fraction of sp³-hybridized carbons (Fsp3) is 0.750. The Kier molecular flexibility index (Phi) is 5.73. The summed E-state index contributed by atoms with van der Waals surface area (Å²) in [4.78, 5) is 38.2. The van der Waals surface area contributed by atoms with Crippen LogP contribution in [0.15, 0.2) is 23.0 Å². The van der Waals surface area contributed by atoms with E-state index in [9.17, 15) is 34.8 Å². The van der Waals surface area contributed by atoms with Crippen molar-refractivity contribution in [2.75, 3.05) is 0 Å². The van der Waals surface area contributed by atoms with Gasteiger partial charge in [-0.2, -0.15) is 0 Å². The van der Waals surface area contributed by atoms with Gasteiger partial charge in [-0.25, -0.2) is 4.79 Å². The molecule has 12 heteroatoms. The summed E-state index contributed by atoms with van der Waals surface area (Å²) >= 11 is 0. The molecule has 5 aliphatic rings. The van der Waals surface area contributed by atoms with E-state index < -0.39 is 100 Å². The number of fused-ring (bicyclic) bond motifs is 2. The van der Waals surface area contributed by atoms with Crippen LogP contribution in [0.3, 0.4) is 0 Å². The van der Waals surface area contributed by atoms with E-state index in [4.69, 9.17) is 23.4 Å². The van der Waals surface area contributed by atoms with Crippen LogP contribution in [0, 0.1) is 28.1 Å². The molecule has 2 saturated carbocycles. The van der Waals surface area contributed by atoms with Gasteiger partial charge in [0.05, 0.1) is 42.2 Å². The average Bonchev–Trinajstić information content (AvgIpc) is 3.40. The summed E-state index contributed by atoms with van der Waals surface area (Å²) in [6, 6.07) is 1.66. The van der Waals surface area contributed by atoms with Crippen molar-refractivity contribution in [1.29, 1.82) is 0 Å². The number of ether oxygens (including phenoxy) is 4. The molecule has 4 heterocycles. The van der Waals surface area contributed by atoms with Gasteiger partial charge in [-0.05, 0) is 32.8 Å². The third-order valence-electron chi connectivity index (χ3n) is 10.8. The Balaban J connectivity index is 1.63. The molecule has 0 radical (unpaired) electrons. The number of hydrogen-bond acceptors (Lipinski definition) is 12. The monoisotopic (exact) mass is 564 g/mol. The first-order valence-electron chi connectivity index (χ1n) is 13.6. The van der Waals surface area contributed by atoms with Crippen LogP contribution in [0.5, 0.6) is 0 Å². The molecule has 0 amide bonds. The number of epoxide rings is 1. The molecule has 5 fully saturated rings. The largest absolute Gasteiger partial charge is 0.472 e. The lowest BCUT2D eigenvalue weighted by atomic mass is 9.35. The number of hydrogen-bond donors (Lipinski definition) is 4. The zero-order valence-corrected chi connectivity index (χ0v) is 23.0. The first kappa shape index (κ1) is 27.6. The number of carbonyl (C=O) groups excluding carboxylic acids is 3. The molecule has 0 aromatic carbocycles. The summed E-state index contributed by atoms with van der Waals surface area (Å²) in [5.74, 6) is -4.29. The number of aliphatic hydroxyl groups excluding tert-OH is 3. The zero-order valence-electron chi connectivity index (χ0n) is 23.0. The number of aliphatic hydroxyl groups is 4. The summed E-state index contributed by atoms with van der Waals surface area (Å²) in [5.41, 5.74) is -6.77. The number of carbonyl (C=O) groups is 3. The van der Waals surface area contributed by atoms with E-state index in [2.05, 4.69) is 0 Å². The highest BCUT2D eigenvalue weighted by Gasteiger charge is 2.91. The van der Waals surface area contributed by atoms with Crippen LogP contribution in [0.2, 0.25) is 0 Å². The van der Waals surface area contributed by atoms with Crippen molar-refractivity contribution in [3.05, 3.63) is 24.2 Å². The van der Waals surface area contributed by atoms with Gasteiger partial charge in [0.2, 0.25) is 6.29 Å². The van der Waals surface area contributed by atoms with Crippen molar-refractivity contribution < 1.29 is 58.2 Å². The second kappa shape index (κ2) is 8.28. The van der Waals surface area contributed by atoms with Crippen molar-refractivity contribution in [2.24, 2.45) is 28.1 Å². The van der Waals surface area contributed by atoms with E-state index in [-0.39, 0.29) is 12.8 Å². The van der Waals surface area contributed by atoms with Crippen LogP contribution in [0.25, 0.3) is 0 Å². The molecule has 2 aliphatic carbocycles. The predicted octanol–water partition coefficient (Wildman–Crippen LogP) is 0.744. The number of furan rings is 1. The van der Waals surface area contributed by atoms with E-state index in [0.29, 0.717) is 5.56 Å². The minimum atomic E-state index is -1.92. The number of rotatable bonds is 3.